The van der Waals surface area contributed by atoms with Crippen LogP contribution in [0.3, 0.4) is 0 Å². The fourth-order valence-corrected chi connectivity index (χ4v) is 2.97. The van der Waals surface area contributed by atoms with Gasteiger partial charge in [-0.3, -0.25) is 9.88 Å². The molecule has 94 valence electrons. The fourth-order valence-electron chi connectivity index (χ4n) is 2.97. The molecule has 1 N–H and O–H groups in total. The van der Waals surface area contributed by atoms with E-state index in [1.807, 2.05) is 25.5 Å². The topological polar surface area (TPSA) is 28.2 Å². The van der Waals surface area contributed by atoms with E-state index in [0.717, 1.165) is 12.5 Å². The van der Waals surface area contributed by atoms with Crippen molar-refractivity contribution in [3.8, 4) is 0 Å². The van der Waals surface area contributed by atoms with Gasteiger partial charge in [-0.05, 0) is 57.1 Å². The summed E-state index contributed by atoms with van der Waals surface area (Å²) < 4.78 is 0. The number of aromatic nitrogens is 1. The van der Waals surface area contributed by atoms with Gasteiger partial charge < -0.3 is 5.32 Å². The Balaban J connectivity index is 2.17. The summed E-state index contributed by atoms with van der Waals surface area (Å²) >= 11 is 0. The molecule has 1 aliphatic rings. The Morgan fingerprint density at radius 1 is 1.53 bits per heavy atom. The first-order chi connectivity index (χ1) is 8.36. The van der Waals surface area contributed by atoms with Crippen LogP contribution in [-0.2, 0) is 0 Å². The molecule has 0 aromatic carbocycles. The minimum absolute atomic E-state index is 0.552. The molecular weight excluding hydrogens is 210 g/mol. The van der Waals surface area contributed by atoms with Crippen LogP contribution in [0.2, 0.25) is 0 Å². The average molecular weight is 233 g/mol. The Kier molecular flexibility index (Phi) is 4.51. The molecule has 0 radical (unpaired) electrons. The van der Waals surface area contributed by atoms with Crippen LogP contribution in [0.5, 0.6) is 0 Å². The molecule has 3 heteroatoms. The molecule has 1 fully saturated rings. The average Bonchev–Trinajstić information content (AvgIpc) is 2.74. The molecule has 1 saturated heterocycles. The van der Waals surface area contributed by atoms with Crippen molar-refractivity contribution in [3.63, 3.8) is 0 Å². The summed E-state index contributed by atoms with van der Waals surface area (Å²) in [6, 6.07) is 4.82. The van der Waals surface area contributed by atoms with Crippen LogP contribution < -0.4 is 5.32 Å². The van der Waals surface area contributed by atoms with Gasteiger partial charge in [0, 0.05) is 18.4 Å². The molecule has 2 rings (SSSR count). The van der Waals surface area contributed by atoms with Gasteiger partial charge in [0.25, 0.3) is 0 Å². The second-order valence-electron chi connectivity index (χ2n) is 4.87. The van der Waals surface area contributed by atoms with Gasteiger partial charge in [-0.2, -0.15) is 0 Å². The Morgan fingerprint density at radius 3 is 3.06 bits per heavy atom. The highest BCUT2D eigenvalue weighted by atomic mass is 15.2. The molecule has 0 bridgehead atoms. The monoisotopic (exact) mass is 233 g/mol. The van der Waals surface area contributed by atoms with Crippen molar-refractivity contribution in [2.24, 2.45) is 5.92 Å². The third kappa shape index (κ3) is 2.85. The zero-order valence-corrected chi connectivity index (χ0v) is 10.9. The van der Waals surface area contributed by atoms with Crippen LogP contribution in [0.15, 0.2) is 24.5 Å². The molecule has 1 aromatic heterocycles. The molecule has 2 heterocycles. The highest BCUT2D eigenvalue weighted by molar-refractivity contribution is 5.17. The SMILES string of the molecule is CCCN1CCC(CNC)C1c1cccnc1. The molecule has 0 aliphatic carbocycles. The van der Waals surface area contributed by atoms with E-state index < -0.39 is 0 Å². The second-order valence-corrected chi connectivity index (χ2v) is 4.87. The van der Waals surface area contributed by atoms with Gasteiger partial charge in [0.05, 0.1) is 0 Å². The second kappa shape index (κ2) is 6.12. The molecule has 3 nitrogen and oxygen atoms in total. The third-order valence-corrected chi connectivity index (χ3v) is 3.63. The van der Waals surface area contributed by atoms with Crippen molar-refractivity contribution >= 4 is 0 Å². The first-order valence-corrected chi connectivity index (χ1v) is 6.65. The standard InChI is InChI=1S/C14H23N3/c1-3-8-17-9-6-13(10-15-2)14(17)12-5-4-7-16-11-12/h4-5,7,11,13-15H,3,6,8-10H2,1-2H3. The van der Waals surface area contributed by atoms with Crippen LogP contribution in [0.4, 0.5) is 0 Å². The van der Waals surface area contributed by atoms with E-state index in [0.29, 0.717) is 6.04 Å². The van der Waals surface area contributed by atoms with E-state index in [2.05, 4.69) is 28.2 Å². The van der Waals surface area contributed by atoms with E-state index in [-0.39, 0.29) is 0 Å². The Morgan fingerprint density at radius 2 is 2.41 bits per heavy atom. The third-order valence-electron chi connectivity index (χ3n) is 3.63. The number of rotatable bonds is 5. The summed E-state index contributed by atoms with van der Waals surface area (Å²) in [6.45, 7) is 5.77. The smallest absolute Gasteiger partial charge is 0.0404 e. The summed E-state index contributed by atoms with van der Waals surface area (Å²) in [5, 5.41) is 3.32. The van der Waals surface area contributed by atoms with E-state index in [9.17, 15) is 0 Å². The molecule has 1 aromatic rings. The number of hydrogen-bond donors (Lipinski definition) is 1. The quantitative estimate of drug-likeness (QED) is 0.844. The van der Waals surface area contributed by atoms with Gasteiger partial charge in [0.1, 0.15) is 0 Å². The van der Waals surface area contributed by atoms with Crippen molar-refractivity contribution in [2.45, 2.75) is 25.8 Å². The first kappa shape index (κ1) is 12.5. The molecule has 0 amide bonds. The zero-order chi connectivity index (χ0) is 12.1. The first-order valence-electron chi connectivity index (χ1n) is 6.65. The van der Waals surface area contributed by atoms with Crippen molar-refractivity contribution < 1.29 is 0 Å². The lowest BCUT2D eigenvalue weighted by Crippen LogP contribution is -2.29. The van der Waals surface area contributed by atoms with E-state index >= 15 is 0 Å². The van der Waals surface area contributed by atoms with Gasteiger partial charge >= 0.3 is 0 Å². The highest BCUT2D eigenvalue weighted by Crippen LogP contribution is 2.36. The van der Waals surface area contributed by atoms with E-state index in [1.54, 1.807) is 0 Å². The number of hydrogen-bond acceptors (Lipinski definition) is 3. The zero-order valence-electron chi connectivity index (χ0n) is 10.9. The molecule has 2 atom stereocenters. The summed E-state index contributed by atoms with van der Waals surface area (Å²) in [5.74, 6) is 0.718. The summed E-state index contributed by atoms with van der Waals surface area (Å²) in [6.07, 6.45) is 6.40. The van der Waals surface area contributed by atoms with Crippen molar-refractivity contribution in [1.29, 1.82) is 0 Å². The number of nitrogens with zero attached hydrogens (tertiary/aromatic N) is 2. The maximum Gasteiger partial charge on any atom is 0.0404 e. The maximum atomic E-state index is 4.27. The van der Waals surface area contributed by atoms with Gasteiger partial charge in [-0.25, -0.2) is 0 Å². The van der Waals surface area contributed by atoms with Gasteiger partial charge in [-0.15, -0.1) is 0 Å². The van der Waals surface area contributed by atoms with E-state index in [1.165, 1.54) is 31.5 Å². The normalized spacial score (nSPS) is 25.3. The van der Waals surface area contributed by atoms with E-state index in [4.69, 9.17) is 0 Å². The number of likely N-dealkylation sites (tertiary alicyclic amines) is 1. The van der Waals surface area contributed by atoms with Gasteiger partial charge in [-0.1, -0.05) is 13.0 Å². The largest absolute Gasteiger partial charge is 0.319 e. The van der Waals surface area contributed by atoms with Crippen LogP contribution >= 0.6 is 0 Å². The lowest BCUT2D eigenvalue weighted by molar-refractivity contribution is 0.227. The van der Waals surface area contributed by atoms with Gasteiger partial charge in [0.2, 0.25) is 0 Å². The predicted molar refractivity (Wildman–Crippen MR) is 70.9 cm³/mol. The molecule has 17 heavy (non-hydrogen) atoms. The number of nitrogens with one attached hydrogen (secondary N) is 1. The maximum absolute atomic E-state index is 4.27. The minimum Gasteiger partial charge on any atom is -0.319 e. The van der Waals surface area contributed by atoms with Crippen molar-refractivity contribution in [3.05, 3.63) is 30.1 Å². The van der Waals surface area contributed by atoms with Crippen molar-refractivity contribution in [2.75, 3.05) is 26.7 Å². The minimum atomic E-state index is 0.552. The lowest BCUT2D eigenvalue weighted by Gasteiger charge is -2.28. The van der Waals surface area contributed by atoms with Crippen LogP contribution in [0.1, 0.15) is 31.4 Å². The fraction of sp³-hybridized carbons (Fsp3) is 0.643. The molecule has 2 unspecified atom stereocenters. The predicted octanol–water partition coefficient (Wildman–Crippen LogP) is 2.07. The molecule has 0 saturated carbocycles. The lowest BCUT2D eigenvalue weighted by atomic mass is 9.94. The van der Waals surface area contributed by atoms with Crippen LogP contribution in [0.25, 0.3) is 0 Å². The summed E-state index contributed by atoms with van der Waals surface area (Å²) in [4.78, 5) is 6.88. The Bertz CT molecular complexity index is 311. The number of pyridine rings is 1. The van der Waals surface area contributed by atoms with Crippen LogP contribution in [-0.4, -0.2) is 36.6 Å². The van der Waals surface area contributed by atoms with Crippen LogP contribution in [0, 0.1) is 5.92 Å². The molecular formula is C14H23N3. The van der Waals surface area contributed by atoms with Gasteiger partial charge in [0.15, 0.2) is 0 Å². The Hall–Kier alpha value is -0.930. The highest BCUT2D eigenvalue weighted by Gasteiger charge is 2.34. The Labute approximate surface area is 104 Å². The van der Waals surface area contributed by atoms with Crippen molar-refractivity contribution in [1.82, 2.24) is 15.2 Å². The summed E-state index contributed by atoms with van der Waals surface area (Å²) in [5.41, 5.74) is 1.37. The molecule has 1 aliphatic heterocycles. The molecule has 0 spiro atoms. The summed E-state index contributed by atoms with van der Waals surface area (Å²) in [7, 11) is 2.04.